The van der Waals surface area contributed by atoms with E-state index in [1.54, 1.807) is 0 Å². The molecule has 18 aromatic carbocycles. The van der Waals surface area contributed by atoms with Crippen LogP contribution in [0.5, 0.6) is 0 Å². The van der Waals surface area contributed by atoms with E-state index in [1.807, 2.05) is 60.7 Å². The first-order chi connectivity index (χ1) is 67.4. The summed E-state index contributed by atoms with van der Waals surface area (Å²) in [5.74, 6) is 4.22. The molecule has 0 aliphatic heterocycles. The summed E-state index contributed by atoms with van der Waals surface area (Å²) in [4.78, 5) is 42.0. The number of benzene rings is 18. The molecule has 0 fully saturated rings. The van der Waals surface area contributed by atoms with Crippen molar-refractivity contribution in [3.8, 4) is 158 Å². The minimum absolute atomic E-state index is 0.632. The normalized spacial score (nSPS) is 11.5. The number of fused-ring (bicyclic) bond motifs is 12. The van der Waals surface area contributed by atoms with Gasteiger partial charge in [-0.1, -0.05) is 376 Å². The van der Waals surface area contributed by atoms with Gasteiger partial charge in [0.2, 0.25) is 11.9 Å². The highest BCUT2D eigenvalue weighted by atomic mass is 15.2. The predicted octanol–water partition coefficient (Wildman–Crippen LogP) is 30.9. The van der Waals surface area contributed by atoms with Gasteiger partial charge in [-0.25, -0.2) is 39.9 Å². The van der Waals surface area contributed by atoms with Gasteiger partial charge in [-0.3, -0.25) is 18.3 Å². The summed E-state index contributed by atoms with van der Waals surface area (Å²) < 4.78 is 9.00. The zero-order valence-corrected chi connectivity index (χ0v) is 73.6. The van der Waals surface area contributed by atoms with Crippen molar-refractivity contribution in [2.75, 3.05) is 0 Å². The van der Waals surface area contributed by atoms with E-state index in [0.717, 1.165) is 222 Å². The number of aromatic nitrogens is 12. The van der Waals surface area contributed by atoms with Crippen molar-refractivity contribution >= 4 is 87.2 Å². The van der Waals surface area contributed by atoms with E-state index in [0.29, 0.717) is 23.5 Å². The van der Waals surface area contributed by atoms with Gasteiger partial charge in [0, 0.05) is 99.7 Å². The van der Waals surface area contributed by atoms with E-state index in [9.17, 15) is 0 Å². The third-order valence-electron chi connectivity index (χ3n) is 25.9. The van der Waals surface area contributed by atoms with Crippen LogP contribution in [0.2, 0.25) is 0 Å². The summed E-state index contributed by atoms with van der Waals surface area (Å²) in [6.45, 7) is 0. The number of hydrogen-bond donors (Lipinski definition) is 0. The molecule has 636 valence electrons. The number of hydrogen-bond acceptors (Lipinski definition) is 8. The predicted molar refractivity (Wildman–Crippen MR) is 558 cm³/mol. The van der Waals surface area contributed by atoms with E-state index in [2.05, 4.69) is 443 Å². The highest BCUT2D eigenvalue weighted by molar-refractivity contribution is 6.15. The Balaban J connectivity index is 0.000000147. The van der Waals surface area contributed by atoms with Gasteiger partial charge in [0.1, 0.15) is 11.6 Å². The Bertz CT molecular complexity index is 8430. The molecule has 26 aromatic rings. The van der Waals surface area contributed by atoms with E-state index in [-0.39, 0.29) is 0 Å². The molecule has 0 aliphatic rings. The van der Waals surface area contributed by atoms with Crippen LogP contribution in [0.15, 0.2) is 485 Å². The van der Waals surface area contributed by atoms with Crippen LogP contribution < -0.4 is 0 Å². The van der Waals surface area contributed by atoms with Gasteiger partial charge in [-0.05, 0) is 142 Å². The molecule has 0 N–H and O–H groups in total. The minimum atomic E-state index is 0.632. The summed E-state index contributed by atoms with van der Waals surface area (Å²) in [6.07, 6.45) is 0. The zero-order chi connectivity index (χ0) is 89.9. The molecule has 0 radical (unpaired) electrons. The van der Waals surface area contributed by atoms with Crippen LogP contribution in [0.3, 0.4) is 0 Å². The van der Waals surface area contributed by atoms with Crippen molar-refractivity contribution in [3.63, 3.8) is 0 Å². The summed E-state index contributed by atoms with van der Waals surface area (Å²) in [7, 11) is 0. The molecule has 136 heavy (non-hydrogen) atoms. The first kappa shape index (κ1) is 79.6. The first-order valence-electron chi connectivity index (χ1n) is 45.8. The molecule has 0 spiro atoms. The largest absolute Gasteiger partial charge is 0.294 e. The molecule has 26 rings (SSSR count). The minimum Gasteiger partial charge on any atom is -0.294 e. The van der Waals surface area contributed by atoms with Crippen molar-refractivity contribution in [2.45, 2.75) is 0 Å². The number of nitrogens with zero attached hydrogens (tertiary/aromatic N) is 12. The Hall–Kier alpha value is -18.5. The van der Waals surface area contributed by atoms with Gasteiger partial charge in [-0.15, -0.1) is 0 Å². The van der Waals surface area contributed by atoms with Gasteiger partial charge in [0.25, 0.3) is 0 Å². The van der Waals surface area contributed by atoms with Crippen LogP contribution in [0, 0.1) is 0 Å². The lowest BCUT2D eigenvalue weighted by Gasteiger charge is -2.13. The second-order valence-corrected chi connectivity index (χ2v) is 34.2. The highest BCUT2D eigenvalue weighted by Gasteiger charge is 2.25. The van der Waals surface area contributed by atoms with Gasteiger partial charge < -0.3 is 0 Å². The fraction of sp³-hybridized carbons (Fsp3) is 0. The second-order valence-electron chi connectivity index (χ2n) is 34.2. The Morgan fingerprint density at radius 1 is 0.118 bits per heavy atom. The van der Waals surface area contributed by atoms with Crippen LogP contribution in [0.25, 0.3) is 246 Å². The second kappa shape index (κ2) is 34.1. The quantitative estimate of drug-likeness (QED) is 0.0937. The van der Waals surface area contributed by atoms with Gasteiger partial charge in [0.05, 0.1) is 78.3 Å². The average Bonchev–Trinajstić information content (AvgIpc) is 1.59. The van der Waals surface area contributed by atoms with Crippen LogP contribution >= 0.6 is 0 Å². The average molecular weight is 1740 g/mol. The molecule has 0 saturated carbocycles. The van der Waals surface area contributed by atoms with Crippen molar-refractivity contribution in [1.82, 2.24) is 58.1 Å². The third kappa shape index (κ3) is 14.6. The fourth-order valence-electron chi connectivity index (χ4n) is 19.4. The van der Waals surface area contributed by atoms with Crippen molar-refractivity contribution in [2.24, 2.45) is 0 Å². The van der Waals surface area contributed by atoms with Crippen LogP contribution in [-0.4, -0.2) is 58.1 Å². The zero-order valence-electron chi connectivity index (χ0n) is 73.6. The summed E-state index contributed by atoms with van der Waals surface area (Å²) in [5.41, 5.74) is 30.9. The maximum absolute atomic E-state index is 5.33. The third-order valence-corrected chi connectivity index (χ3v) is 25.9. The standard InChI is InChI=1S/C68H44N6.C56H36N6/c1-5-19-45(20-6-1)49-27-17-29-53(39-49)59-43-65(71-67(69-59)47-23-9-3-10-24-47)73-61-33-15-13-31-55(61)57-41-51(35-37-63(57)73)52-36-38-64-58(42-52)56-32-14-16-34-62(56)74(64)66-44-60(70-68(72-66)48-25-11-4-12-26-48)54-30-18-28-50(40-54)46-21-7-2-8-22-46;1-5-17-37(18-6-1)47-35-48(38-19-7-2-8-20-38)58-55(57-47)61-51-27-15-13-25-43(51)45-33-41(29-31-53(45)61)42-30-32-54-46(34-42)44-26-14-16-28-52(44)62(54)56-59-49(39-21-9-3-10-22-39)36-50(60-56)40-23-11-4-12-24-40/h1-44H;1-36H. The molecule has 0 saturated heterocycles. The molecule has 8 aromatic heterocycles. The van der Waals surface area contributed by atoms with Gasteiger partial charge >= 0.3 is 0 Å². The monoisotopic (exact) mass is 1740 g/mol. The van der Waals surface area contributed by atoms with Crippen molar-refractivity contribution < 1.29 is 0 Å². The maximum atomic E-state index is 5.33. The molecule has 0 amide bonds. The lowest BCUT2D eigenvalue weighted by atomic mass is 10.0. The fourth-order valence-corrected chi connectivity index (χ4v) is 19.4. The lowest BCUT2D eigenvalue weighted by Crippen LogP contribution is -2.04. The molecular formula is C124H80N12. The van der Waals surface area contributed by atoms with Crippen LogP contribution in [0.1, 0.15) is 0 Å². The Labute approximate surface area is 783 Å². The molecule has 0 bridgehead atoms. The Morgan fingerprint density at radius 3 is 0.625 bits per heavy atom. The van der Waals surface area contributed by atoms with Crippen molar-refractivity contribution in [1.29, 1.82) is 0 Å². The van der Waals surface area contributed by atoms with Gasteiger partial charge in [-0.2, -0.15) is 0 Å². The molecule has 0 aliphatic carbocycles. The van der Waals surface area contributed by atoms with E-state index in [4.69, 9.17) is 39.9 Å². The molecule has 12 nitrogen and oxygen atoms in total. The molecule has 0 atom stereocenters. The highest BCUT2D eigenvalue weighted by Crippen LogP contribution is 2.44. The Morgan fingerprint density at radius 2 is 0.331 bits per heavy atom. The SMILES string of the molecule is c1ccc(-c2cc(-c3ccccc3)nc(-n3c4ccccc4c4cc(-c5ccc6c(c5)c5ccccc5n6-c5nc(-c6ccccc6)cc(-c6ccccc6)n5)ccc43)n2)cc1.c1ccc(-c2cccc(-c3cc(-n4c5ccccc5c5cc(-c6ccc7c(c6)c6ccccc6n7-c6cc(-c7cccc(-c8ccccc8)c7)nc(-c7ccccc7)n6)ccc54)nc(-c4ccccc4)n3)c2)cc1. The number of rotatable bonds is 16. The topological polar surface area (TPSA) is 123 Å². The smallest absolute Gasteiger partial charge is 0.235 e. The number of para-hydroxylation sites is 4. The Kier molecular flexibility index (Phi) is 20.0. The summed E-state index contributed by atoms with van der Waals surface area (Å²) in [6, 6.07) is 170. The van der Waals surface area contributed by atoms with Crippen LogP contribution in [-0.2, 0) is 0 Å². The summed E-state index contributed by atoms with van der Waals surface area (Å²) >= 11 is 0. The molecular weight excluding hydrogens is 1660 g/mol. The van der Waals surface area contributed by atoms with Gasteiger partial charge in [0.15, 0.2) is 11.6 Å². The van der Waals surface area contributed by atoms with E-state index >= 15 is 0 Å². The van der Waals surface area contributed by atoms with Crippen molar-refractivity contribution in [3.05, 3.63) is 485 Å². The first-order valence-corrected chi connectivity index (χ1v) is 45.8. The molecule has 12 heteroatoms. The van der Waals surface area contributed by atoms with Crippen LogP contribution in [0.4, 0.5) is 0 Å². The van der Waals surface area contributed by atoms with E-state index < -0.39 is 0 Å². The molecule has 0 unspecified atom stereocenters. The lowest BCUT2D eigenvalue weighted by molar-refractivity contribution is 0.995. The maximum Gasteiger partial charge on any atom is 0.235 e. The molecule has 8 heterocycles. The van der Waals surface area contributed by atoms with E-state index in [1.165, 1.54) is 0 Å². The summed E-state index contributed by atoms with van der Waals surface area (Å²) in [5, 5.41) is 9.14.